The quantitative estimate of drug-likeness (QED) is 0.519. The number of amides is 1. The van der Waals surface area contributed by atoms with Gasteiger partial charge in [-0.2, -0.15) is 0 Å². The van der Waals surface area contributed by atoms with Crippen LogP contribution in [0.3, 0.4) is 0 Å². The minimum Gasteiger partial charge on any atom is -0.494 e. The maximum atomic E-state index is 11.1. The van der Waals surface area contributed by atoms with Gasteiger partial charge in [-0.25, -0.2) is 9.97 Å². The van der Waals surface area contributed by atoms with Gasteiger partial charge in [0.05, 0.1) is 29.6 Å². The number of imidazole rings is 1. The summed E-state index contributed by atoms with van der Waals surface area (Å²) in [5.41, 5.74) is 7.37. The van der Waals surface area contributed by atoms with Gasteiger partial charge in [0.25, 0.3) is 0 Å². The van der Waals surface area contributed by atoms with Crippen molar-refractivity contribution in [1.29, 1.82) is 0 Å². The number of fused-ring (bicyclic) bond motifs is 1. The molecule has 8 heteroatoms. The van der Waals surface area contributed by atoms with Gasteiger partial charge in [-0.05, 0) is 29.6 Å². The Labute approximate surface area is 165 Å². The molecular weight excluding hydrogens is 376 g/mol. The molecule has 4 aromatic rings. The third kappa shape index (κ3) is 3.41. The van der Waals surface area contributed by atoms with Gasteiger partial charge in [0.2, 0.25) is 11.8 Å². The van der Waals surface area contributed by atoms with Crippen molar-refractivity contribution in [2.45, 2.75) is 6.54 Å². The van der Waals surface area contributed by atoms with E-state index in [9.17, 15) is 4.79 Å². The van der Waals surface area contributed by atoms with E-state index in [1.165, 1.54) is 6.20 Å². The van der Waals surface area contributed by atoms with Crippen LogP contribution in [0.4, 0.5) is 0 Å². The summed E-state index contributed by atoms with van der Waals surface area (Å²) in [5.74, 6) is 1.54. The van der Waals surface area contributed by atoms with Gasteiger partial charge in [-0.3, -0.25) is 4.79 Å². The van der Waals surface area contributed by atoms with Gasteiger partial charge < -0.3 is 19.8 Å². The normalized spacial score (nSPS) is 10.9. The van der Waals surface area contributed by atoms with E-state index < -0.39 is 5.91 Å². The van der Waals surface area contributed by atoms with E-state index in [2.05, 4.69) is 9.55 Å². The second-order valence-electron chi connectivity index (χ2n) is 5.99. The van der Waals surface area contributed by atoms with Crippen LogP contribution in [0.25, 0.3) is 21.7 Å². The van der Waals surface area contributed by atoms with Crippen LogP contribution < -0.4 is 15.2 Å². The molecule has 142 valence electrons. The molecule has 0 aliphatic rings. The molecule has 3 aromatic heterocycles. The standard InChI is InChI=1S/C20H18N4O3S/c1-26-15-5-2-4-14-18(15)24(20(23-14)16-6-3-11-28-16)9-10-27-17-8-7-13(12-22-17)19(21)25/h2-8,11-12H,9-10H2,1H3,(H2,21,25). The Kier molecular flexibility index (Phi) is 4.94. The maximum Gasteiger partial charge on any atom is 0.250 e. The first-order valence-corrected chi connectivity index (χ1v) is 9.51. The van der Waals surface area contributed by atoms with Gasteiger partial charge in [0.15, 0.2) is 5.82 Å². The van der Waals surface area contributed by atoms with Crippen molar-refractivity contribution >= 4 is 28.3 Å². The molecule has 0 saturated carbocycles. The topological polar surface area (TPSA) is 92.3 Å². The minimum atomic E-state index is -0.517. The molecule has 0 fully saturated rings. The van der Waals surface area contributed by atoms with Gasteiger partial charge in [0, 0.05) is 12.3 Å². The van der Waals surface area contributed by atoms with E-state index in [1.807, 2.05) is 35.7 Å². The zero-order valence-corrected chi connectivity index (χ0v) is 16.0. The first-order valence-electron chi connectivity index (χ1n) is 8.63. The molecule has 1 aromatic carbocycles. The average Bonchev–Trinajstić information content (AvgIpc) is 3.36. The number of thiophene rings is 1. The molecule has 3 heterocycles. The monoisotopic (exact) mass is 394 g/mol. The zero-order chi connectivity index (χ0) is 19.5. The molecule has 1 amide bonds. The zero-order valence-electron chi connectivity index (χ0n) is 15.2. The molecule has 7 nitrogen and oxygen atoms in total. The molecule has 0 radical (unpaired) electrons. The van der Waals surface area contributed by atoms with E-state index in [0.717, 1.165) is 27.5 Å². The lowest BCUT2D eigenvalue weighted by molar-refractivity contribution is 0.1000. The second-order valence-corrected chi connectivity index (χ2v) is 6.94. The fourth-order valence-corrected chi connectivity index (χ4v) is 3.70. The summed E-state index contributed by atoms with van der Waals surface area (Å²) < 4.78 is 13.4. The highest BCUT2D eigenvalue weighted by atomic mass is 32.1. The number of primary amides is 1. The summed E-state index contributed by atoms with van der Waals surface area (Å²) in [6.07, 6.45) is 1.41. The van der Waals surface area contributed by atoms with Crippen molar-refractivity contribution in [3.8, 4) is 22.3 Å². The van der Waals surface area contributed by atoms with E-state index in [1.54, 1.807) is 30.6 Å². The lowest BCUT2D eigenvalue weighted by atomic mass is 10.3. The van der Waals surface area contributed by atoms with Crippen molar-refractivity contribution < 1.29 is 14.3 Å². The molecule has 0 spiro atoms. The molecule has 0 aliphatic carbocycles. The number of benzene rings is 1. The number of nitrogens with two attached hydrogens (primary N) is 1. The number of ether oxygens (including phenoxy) is 2. The molecule has 4 rings (SSSR count). The number of nitrogens with zero attached hydrogens (tertiary/aromatic N) is 3. The Morgan fingerprint density at radius 3 is 2.79 bits per heavy atom. The van der Waals surface area contributed by atoms with Gasteiger partial charge >= 0.3 is 0 Å². The Morgan fingerprint density at radius 2 is 2.11 bits per heavy atom. The number of methoxy groups -OCH3 is 1. The van der Waals surface area contributed by atoms with Crippen LogP contribution in [0, 0.1) is 0 Å². The second kappa shape index (κ2) is 7.69. The summed E-state index contributed by atoms with van der Waals surface area (Å²) in [5, 5.41) is 2.02. The van der Waals surface area contributed by atoms with Crippen LogP contribution in [0.15, 0.2) is 54.0 Å². The average molecular weight is 394 g/mol. The van der Waals surface area contributed by atoms with Crippen molar-refractivity contribution in [2.24, 2.45) is 5.73 Å². The first-order chi connectivity index (χ1) is 13.7. The predicted molar refractivity (Wildman–Crippen MR) is 108 cm³/mol. The lowest BCUT2D eigenvalue weighted by Gasteiger charge is -2.11. The van der Waals surface area contributed by atoms with Crippen LogP contribution in [0.1, 0.15) is 10.4 Å². The molecule has 28 heavy (non-hydrogen) atoms. The summed E-state index contributed by atoms with van der Waals surface area (Å²) in [6, 6.07) is 13.1. The molecule has 0 atom stereocenters. The highest BCUT2D eigenvalue weighted by Crippen LogP contribution is 2.32. The summed E-state index contributed by atoms with van der Waals surface area (Å²) >= 11 is 1.63. The fourth-order valence-electron chi connectivity index (χ4n) is 2.98. The number of rotatable bonds is 7. The van der Waals surface area contributed by atoms with Crippen molar-refractivity contribution in [3.05, 3.63) is 59.6 Å². The van der Waals surface area contributed by atoms with Gasteiger partial charge in [-0.15, -0.1) is 11.3 Å². The number of hydrogen-bond acceptors (Lipinski definition) is 6. The molecule has 0 bridgehead atoms. The smallest absolute Gasteiger partial charge is 0.250 e. The van der Waals surface area contributed by atoms with E-state index in [-0.39, 0.29) is 0 Å². The van der Waals surface area contributed by atoms with Crippen LogP contribution in [0.5, 0.6) is 11.6 Å². The Bertz CT molecular complexity index is 1100. The van der Waals surface area contributed by atoms with Gasteiger partial charge in [-0.1, -0.05) is 12.1 Å². The van der Waals surface area contributed by atoms with Crippen molar-refractivity contribution in [2.75, 3.05) is 13.7 Å². The van der Waals surface area contributed by atoms with Crippen LogP contribution >= 0.6 is 11.3 Å². The minimum absolute atomic E-state index is 0.345. The van der Waals surface area contributed by atoms with Crippen molar-refractivity contribution in [3.63, 3.8) is 0 Å². The lowest BCUT2D eigenvalue weighted by Crippen LogP contribution is -2.12. The molecule has 0 unspecified atom stereocenters. The SMILES string of the molecule is COc1cccc2nc(-c3cccs3)n(CCOc3ccc(C(N)=O)cn3)c12. The van der Waals surface area contributed by atoms with Crippen LogP contribution in [0.2, 0.25) is 0 Å². The fraction of sp³-hybridized carbons (Fsp3) is 0.150. The molecule has 0 aliphatic heterocycles. The number of aromatic nitrogens is 3. The van der Waals surface area contributed by atoms with E-state index in [0.29, 0.717) is 24.6 Å². The van der Waals surface area contributed by atoms with Gasteiger partial charge in [0.1, 0.15) is 17.9 Å². The Morgan fingerprint density at radius 1 is 1.21 bits per heavy atom. The number of carbonyl (C=O) groups is 1. The molecule has 0 saturated heterocycles. The summed E-state index contributed by atoms with van der Waals surface area (Å²) in [7, 11) is 1.65. The first kappa shape index (κ1) is 18.0. The van der Waals surface area contributed by atoms with E-state index in [4.69, 9.17) is 20.2 Å². The summed E-state index contributed by atoms with van der Waals surface area (Å²) in [4.78, 5) is 21.1. The van der Waals surface area contributed by atoms with Crippen LogP contribution in [-0.4, -0.2) is 34.2 Å². The highest BCUT2D eigenvalue weighted by molar-refractivity contribution is 7.13. The molecular formula is C20H18N4O3S. The number of carbonyl (C=O) groups excluding carboxylic acids is 1. The third-order valence-electron chi connectivity index (χ3n) is 4.28. The number of pyridine rings is 1. The number of hydrogen-bond donors (Lipinski definition) is 1. The number of para-hydroxylation sites is 1. The molecule has 2 N–H and O–H groups in total. The van der Waals surface area contributed by atoms with E-state index >= 15 is 0 Å². The Hall–Kier alpha value is -3.39. The van der Waals surface area contributed by atoms with Crippen molar-refractivity contribution in [1.82, 2.24) is 14.5 Å². The van der Waals surface area contributed by atoms with Crippen LogP contribution in [-0.2, 0) is 6.54 Å². The predicted octanol–water partition coefficient (Wildman–Crippen LogP) is 3.35. The summed E-state index contributed by atoms with van der Waals surface area (Å²) in [6.45, 7) is 0.939. The maximum absolute atomic E-state index is 11.1. The highest BCUT2D eigenvalue weighted by Gasteiger charge is 2.17. The third-order valence-corrected chi connectivity index (χ3v) is 5.14. The Balaban J connectivity index is 1.62. The largest absolute Gasteiger partial charge is 0.494 e.